The highest BCUT2D eigenvalue weighted by molar-refractivity contribution is 5.26. The molecule has 0 fully saturated rings. The van der Waals surface area contributed by atoms with E-state index in [0.29, 0.717) is 6.54 Å². The molecule has 0 spiro atoms. The Labute approximate surface area is 104 Å². The van der Waals surface area contributed by atoms with Crippen molar-refractivity contribution in [1.82, 2.24) is 9.78 Å². The molecule has 1 rings (SSSR count). The van der Waals surface area contributed by atoms with Gasteiger partial charge in [-0.05, 0) is 13.8 Å². The molecule has 0 radical (unpaired) electrons. The summed E-state index contributed by atoms with van der Waals surface area (Å²) in [5, 5.41) is 4.54. The van der Waals surface area contributed by atoms with Crippen molar-refractivity contribution in [2.75, 3.05) is 6.54 Å². The summed E-state index contributed by atoms with van der Waals surface area (Å²) in [6.45, 7) is 11.0. The molecule has 98 valence electrons. The fourth-order valence-corrected chi connectivity index (χ4v) is 1.91. The third-order valence-corrected chi connectivity index (χ3v) is 2.56. The first-order valence-electron chi connectivity index (χ1n) is 6.15. The van der Waals surface area contributed by atoms with E-state index in [4.69, 9.17) is 10.5 Å². The molecule has 1 aromatic heterocycles. The first kappa shape index (κ1) is 14.2. The maximum Gasteiger partial charge on any atom is 0.0983 e. The lowest BCUT2D eigenvalue weighted by Crippen LogP contribution is -2.23. The van der Waals surface area contributed by atoms with Crippen molar-refractivity contribution >= 4 is 0 Å². The van der Waals surface area contributed by atoms with Gasteiger partial charge in [-0.25, -0.2) is 0 Å². The van der Waals surface area contributed by atoms with E-state index in [1.165, 1.54) is 0 Å². The Bertz CT molecular complexity index is 363. The Morgan fingerprint density at radius 3 is 2.41 bits per heavy atom. The van der Waals surface area contributed by atoms with Crippen LogP contribution in [-0.4, -0.2) is 22.4 Å². The van der Waals surface area contributed by atoms with Crippen LogP contribution >= 0.6 is 0 Å². The van der Waals surface area contributed by atoms with Gasteiger partial charge in [0.05, 0.1) is 17.9 Å². The average molecular weight is 239 g/mol. The standard InChI is InChI=1S/C13H25N3O/c1-9(2)17-11(7-14)10-8-16(6)15-12(10)13(3,4)5/h8-9,11H,7,14H2,1-6H3. The lowest BCUT2D eigenvalue weighted by atomic mass is 9.88. The van der Waals surface area contributed by atoms with Gasteiger partial charge in [-0.1, -0.05) is 20.8 Å². The van der Waals surface area contributed by atoms with Crippen LogP contribution in [0.2, 0.25) is 0 Å². The first-order chi connectivity index (χ1) is 7.75. The SMILES string of the molecule is CC(C)OC(CN)c1cn(C)nc1C(C)(C)C. The summed E-state index contributed by atoms with van der Waals surface area (Å²) in [5.41, 5.74) is 7.99. The quantitative estimate of drug-likeness (QED) is 0.876. The molecule has 2 N–H and O–H groups in total. The molecule has 1 aromatic rings. The van der Waals surface area contributed by atoms with Crippen LogP contribution < -0.4 is 5.73 Å². The summed E-state index contributed by atoms with van der Waals surface area (Å²) in [4.78, 5) is 0. The highest BCUT2D eigenvalue weighted by Crippen LogP contribution is 2.30. The fourth-order valence-electron chi connectivity index (χ4n) is 1.91. The van der Waals surface area contributed by atoms with Crippen molar-refractivity contribution in [3.8, 4) is 0 Å². The molecular weight excluding hydrogens is 214 g/mol. The van der Waals surface area contributed by atoms with Crippen molar-refractivity contribution in [2.24, 2.45) is 12.8 Å². The number of hydrogen-bond donors (Lipinski definition) is 1. The molecule has 1 unspecified atom stereocenters. The van der Waals surface area contributed by atoms with Gasteiger partial charge in [-0.15, -0.1) is 0 Å². The minimum absolute atomic E-state index is 0.00432. The molecule has 17 heavy (non-hydrogen) atoms. The molecule has 0 saturated carbocycles. The highest BCUT2D eigenvalue weighted by Gasteiger charge is 2.26. The van der Waals surface area contributed by atoms with E-state index in [1.54, 1.807) is 0 Å². The minimum Gasteiger partial charge on any atom is -0.369 e. The number of aromatic nitrogens is 2. The van der Waals surface area contributed by atoms with E-state index in [9.17, 15) is 0 Å². The molecule has 0 aliphatic heterocycles. The molecule has 4 nitrogen and oxygen atoms in total. The van der Waals surface area contributed by atoms with Crippen LogP contribution in [-0.2, 0) is 17.2 Å². The number of nitrogens with two attached hydrogens (primary N) is 1. The van der Waals surface area contributed by atoms with Crippen molar-refractivity contribution < 1.29 is 4.74 Å². The molecule has 1 heterocycles. The van der Waals surface area contributed by atoms with Crippen LogP contribution in [0, 0.1) is 0 Å². The van der Waals surface area contributed by atoms with Crippen molar-refractivity contribution in [1.29, 1.82) is 0 Å². The van der Waals surface area contributed by atoms with Gasteiger partial charge in [-0.2, -0.15) is 5.10 Å². The fraction of sp³-hybridized carbons (Fsp3) is 0.769. The summed E-state index contributed by atoms with van der Waals surface area (Å²) in [6.07, 6.45) is 2.11. The van der Waals surface area contributed by atoms with Crippen LogP contribution in [0.15, 0.2) is 6.20 Å². The zero-order chi connectivity index (χ0) is 13.2. The van der Waals surface area contributed by atoms with Gasteiger partial charge < -0.3 is 10.5 Å². The molecule has 0 saturated heterocycles. The van der Waals surface area contributed by atoms with Crippen molar-refractivity contribution in [2.45, 2.75) is 52.2 Å². The van der Waals surface area contributed by atoms with Gasteiger partial charge in [0.2, 0.25) is 0 Å². The Morgan fingerprint density at radius 1 is 1.41 bits per heavy atom. The third kappa shape index (κ3) is 3.54. The molecule has 0 amide bonds. The van der Waals surface area contributed by atoms with Crippen molar-refractivity contribution in [3.63, 3.8) is 0 Å². The minimum atomic E-state index is -0.0714. The summed E-state index contributed by atoms with van der Waals surface area (Å²) in [5.74, 6) is 0. The van der Waals surface area contributed by atoms with Gasteiger partial charge in [0.15, 0.2) is 0 Å². The van der Waals surface area contributed by atoms with E-state index in [2.05, 4.69) is 25.9 Å². The number of hydrogen-bond acceptors (Lipinski definition) is 3. The molecule has 0 aliphatic carbocycles. The van der Waals surface area contributed by atoms with Gasteiger partial charge in [0.1, 0.15) is 0 Å². The van der Waals surface area contributed by atoms with Gasteiger partial charge in [0, 0.05) is 30.8 Å². The Hall–Kier alpha value is -0.870. The van der Waals surface area contributed by atoms with Crippen molar-refractivity contribution in [3.05, 3.63) is 17.5 Å². The van der Waals surface area contributed by atoms with Crippen LogP contribution in [0.3, 0.4) is 0 Å². The van der Waals surface area contributed by atoms with Gasteiger partial charge >= 0.3 is 0 Å². The second kappa shape index (κ2) is 5.19. The summed E-state index contributed by atoms with van der Waals surface area (Å²) < 4.78 is 7.69. The molecule has 4 heteroatoms. The van der Waals surface area contributed by atoms with E-state index < -0.39 is 0 Å². The molecule has 0 aromatic carbocycles. The number of rotatable bonds is 4. The van der Waals surface area contributed by atoms with E-state index >= 15 is 0 Å². The summed E-state index contributed by atoms with van der Waals surface area (Å²) in [7, 11) is 1.93. The molecule has 0 bridgehead atoms. The molecule has 1 atom stereocenters. The van der Waals surface area contributed by atoms with Gasteiger partial charge in [-0.3, -0.25) is 4.68 Å². The smallest absolute Gasteiger partial charge is 0.0983 e. The number of nitrogens with zero attached hydrogens (tertiary/aromatic N) is 2. The Kier molecular flexibility index (Phi) is 4.33. The van der Waals surface area contributed by atoms with Gasteiger partial charge in [0.25, 0.3) is 0 Å². The Morgan fingerprint density at radius 2 is 2.00 bits per heavy atom. The maximum atomic E-state index is 5.86. The third-order valence-electron chi connectivity index (χ3n) is 2.56. The molecular formula is C13H25N3O. The van der Waals surface area contributed by atoms with Crippen LogP contribution in [0.25, 0.3) is 0 Å². The normalized spacial score (nSPS) is 14.4. The average Bonchev–Trinajstić information content (AvgIpc) is 2.55. The van der Waals surface area contributed by atoms with E-state index in [-0.39, 0.29) is 17.6 Å². The Balaban J connectivity index is 3.10. The number of ether oxygens (including phenoxy) is 1. The molecule has 0 aliphatic rings. The predicted octanol–water partition coefficient (Wildman–Crippen LogP) is 2.14. The lowest BCUT2D eigenvalue weighted by molar-refractivity contribution is 0.0110. The van der Waals surface area contributed by atoms with Crippen LogP contribution in [0.4, 0.5) is 0 Å². The zero-order valence-electron chi connectivity index (χ0n) is 11.8. The summed E-state index contributed by atoms with van der Waals surface area (Å²) >= 11 is 0. The second-order valence-corrected chi connectivity index (χ2v) is 5.77. The van der Waals surface area contributed by atoms with E-state index in [1.807, 2.05) is 31.8 Å². The van der Waals surface area contributed by atoms with E-state index in [0.717, 1.165) is 11.3 Å². The summed E-state index contributed by atoms with van der Waals surface area (Å²) in [6, 6.07) is 0. The van der Waals surface area contributed by atoms with Crippen LogP contribution in [0.1, 0.15) is 52.0 Å². The second-order valence-electron chi connectivity index (χ2n) is 5.77. The van der Waals surface area contributed by atoms with Crippen LogP contribution in [0.5, 0.6) is 0 Å². The lowest BCUT2D eigenvalue weighted by Gasteiger charge is -2.23. The first-order valence-corrected chi connectivity index (χ1v) is 6.15. The largest absolute Gasteiger partial charge is 0.369 e. The monoisotopic (exact) mass is 239 g/mol. The highest BCUT2D eigenvalue weighted by atomic mass is 16.5. The maximum absolute atomic E-state index is 5.86. The number of aryl methyl sites for hydroxylation is 1. The predicted molar refractivity (Wildman–Crippen MR) is 69.9 cm³/mol. The topological polar surface area (TPSA) is 53.1 Å². The zero-order valence-corrected chi connectivity index (χ0v) is 11.8.